The van der Waals surface area contributed by atoms with Crippen LogP contribution < -0.4 is 5.32 Å². The van der Waals surface area contributed by atoms with Gasteiger partial charge < -0.3 is 20.2 Å². The Hall–Kier alpha value is -0.460. The molecule has 64 heavy (non-hydrogen) atoms. The van der Waals surface area contributed by atoms with E-state index in [0.29, 0.717) is 12.8 Å². The predicted molar refractivity (Wildman–Crippen MR) is 278 cm³/mol. The van der Waals surface area contributed by atoms with E-state index < -0.39 is 26.6 Å². The fraction of sp³-hybridized carbons (Fsp3) is 0.982. The third-order valence-corrected chi connectivity index (χ3v) is 14.3. The molecule has 0 rings (SSSR count). The van der Waals surface area contributed by atoms with Crippen LogP contribution in [0.1, 0.15) is 335 Å². The molecule has 8 heteroatoms. The van der Waals surface area contributed by atoms with Gasteiger partial charge in [0.1, 0.15) is 0 Å². The van der Waals surface area contributed by atoms with Gasteiger partial charge in [-0.1, -0.05) is 316 Å². The first kappa shape index (κ1) is 63.5. The summed E-state index contributed by atoms with van der Waals surface area (Å²) in [4.78, 5) is 31.2. The Kier molecular flexibility index (Phi) is 51.5. The maximum atomic E-state index is 12.7. The van der Waals surface area contributed by atoms with E-state index in [1.807, 2.05) is 0 Å². The average molecular weight is 929 g/mol. The van der Waals surface area contributed by atoms with Crippen LogP contribution >= 0.6 is 7.82 Å². The van der Waals surface area contributed by atoms with Crippen LogP contribution in [0.5, 0.6) is 0 Å². The van der Waals surface area contributed by atoms with Crippen molar-refractivity contribution in [1.82, 2.24) is 5.32 Å². The molecule has 0 bridgehead atoms. The van der Waals surface area contributed by atoms with Crippen molar-refractivity contribution in [2.75, 3.05) is 6.61 Å². The summed E-state index contributed by atoms with van der Waals surface area (Å²) in [5.41, 5.74) is 0. The summed E-state index contributed by atoms with van der Waals surface area (Å²) in [6.07, 6.45) is 64.3. The third kappa shape index (κ3) is 52.5. The van der Waals surface area contributed by atoms with Crippen LogP contribution in [0.3, 0.4) is 0 Å². The van der Waals surface area contributed by atoms with Crippen molar-refractivity contribution in [3.8, 4) is 0 Å². The molecule has 0 radical (unpaired) electrons. The Balaban J connectivity index is 3.64. The highest BCUT2D eigenvalue weighted by Crippen LogP contribution is 2.36. The maximum absolute atomic E-state index is 12.7. The number of hydrogen-bond donors (Lipinski definition) is 4. The second kappa shape index (κ2) is 51.9. The fourth-order valence-corrected chi connectivity index (χ4v) is 9.82. The zero-order chi connectivity index (χ0) is 46.7. The first-order valence-corrected chi connectivity index (χ1v) is 30.5. The number of aliphatic hydroxyl groups excluding tert-OH is 1. The molecule has 0 fully saturated rings. The van der Waals surface area contributed by atoms with Gasteiger partial charge >= 0.3 is 7.82 Å². The number of rotatable bonds is 55. The summed E-state index contributed by atoms with van der Waals surface area (Å²) in [6, 6.07) is -0.820. The standard InChI is InChI=1S/C56H114NO6P/c1-3-5-7-9-11-13-15-17-19-21-22-23-24-25-26-27-28-29-30-31-32-33-34-36-38-40-42-44-46-48-50-52-56(59)57-54(53-63-64(60,61)62)55(58)51-49-47-45-43-41-39-37-35-20-18-16-14-12-10-8-6-4-2/h54-55,58H,3-53H2,1-2H3,(H,57,59)(H2,60,61,62)/t54-,55+/m0/s1. The lowest BCUT2D eigenvalue weighted by Crippen LogP contribution is -2.46. The molecular weight excluding hydrogens is 814 g/mol. The number of hydrogen-bond acceptors (Lipinski definition) is 4. The minimum atomic E-state index is -4.70. The molecule has 0 aromatic rings. The molecule has 0 saturated carbocycles. The zero-order valence-corrected chi connectivity index (χ0v) is 44.1. The van der Waals surface area contributed by atoms with Crippen molar-refractivity contribution in [3.63, 3.8) is 0 Å². The highest BCUT2D eigenvalue weighted by Gasteiger charge is 2.25. The molecule has 0 unspecified atom stereocenters. The lowest BCUT2D eigenvalue weighted by molar-refractivity contribution is -0.123. The number of nitrogens with one attached hydrogen (secondary N) is 1. The van der Waals surface area contributed by atoms with Crippen LogP contribution in [0.4, 0.5) is 0 Å². The van der Waals surface area contributed by atoms with Crippen LogP contribution in [-0.4, -0.2) is 39.6 Å². The fourth-order valence-electron chi connectivity index (χ4n) is 9.47. The van der Waals surface area contributed by atoms with Gasteiger partial charge in [-0.05, 0) is 12.8 Å². The molecular formula is C56H114NO6P. The third-order valence-electron chi connectivity index (χ3n) is 13.8. The van der Waals surface area contributed by atoms with E-state index in [1.165, 1.54) is 270 Å². The van der Waals surface area contributed by atoms with Gasteiger partial charge in [0.15, 0.2) is 0 Å². The number of unbranched alkanes of at least 4 members (excludes halogenated alkanes) is 46. The monoisotopic (exact) mass is 928 g/mol. The molecule has 0 aliphatic carbocycles. The van der Waals surface area contributed by atoms with Gasteiger partial charge in [-0.15, -0.1) is 0 Å². The van der Waals surface area contributed by atoms with E-state index in [-0.39, 0.29) is 5.91 Å². The van der Waals surface area contributed by atoms with Gasteiger partial charge in [0.25, 0.3) is 0 Å². The second-order valence-corrected chi connectivity index (χ2v) is 21.6. The topological polar surface area (TPSA) is 116 Å². The first-order chi connectivity index (χ1) is 31.3. The number of carbonyl (C=O) groups excluding carboxylic acids is 1. The average Bonchev–Trinajstić information content (AvgIpc) is 3.27. The molecule has 0 aromatic heterocycles. The minimum absolute atomic E-state index is 0.184. The van der Waals surface area contributed by atoms with E-state index in [2.05, 4.69) is 19.2 Å². The second-order valence-electron chi connectivity index (χ2n) is 20.3. The molecule has 2 atom stereocenters. The Bertz CT molecular complexity index is 962. The van der Waals surface area contributed by atoms with E-state index in [0.717, 1.165) is 38.5 Å². The number of amides is 1. The summed E-state index contributed by atoms with van der Waals surface area (Å²) in [7, 11) is -4.70. The molecule has 0 aromatic carbocycles. The van der Waals surface area contributed by atoms with Gasteiger partial charge in [0.2, 0.25) is 5.91 Å². The Morgan fingerprint density at radius 3 is 0.844 bits per heavy atom. The van der Waals surface area contributed by atoms with Crippen molar-refractivity contribution < 1.29 is 28.8 Å². The Morgan fingerprint density at radius 1 is 0.391 bits per heavy atom. The highest BCUT2D eigenvalue weighted by molar-refractivity contribution is 7.46. The van der Waals surface area contributed by atoms with Crippen LogP contribution in [0.15, 0.2) is 0 Å². The summed E-state index contributed by atoms with van der Waals surface area (Å²) >= 11 is 0. The molecule has 0 heterocycles. The lowest BCUT2D eigenvalue weighted by Gasteiger charge is -2.24. The van der Waals surface area contributed by atoms with Crippen LogP contribution in [0, 0.1) is 0 Å². The molecule has 4 N–H and O–H groups in total. The minimum Gasteiger partial charge on any atom is -0.391 e. The molecule has 384 valence electrons. The molecule has 0 aliphatic rings. The van der Waals surface area contributed by atoms with Crippen LogP contribution in [0.25, 0.3) is 0 Å². The molecule has 0 saturated heterocycles. The van der Waals surface area contributed by atoms with Crippen LogP contribution in [-0.2, 0) is 13.9 Å². The number of phosphoric ester groups is 1. The van der Waals surface area contributed by atoms with Gasteiger partial charge in [-0.3, -0.25) is 9.32 Å². The molecule has 0 spiro atoms. The van der Waals surface area contributed by atoms with Crippen molar-refractivity contribution in [2.45, 2.75) is 347 Å². The van der Waals surface area contributed by atoms with E-state index in [4.69, 9.17) is 4.52 Å². The molecule has 1 amide bonds. The number of phosphoric acid groups is 1. The van der Waals surface area contributed by atoms with Gasteiger partial charge in [-0.25, -0.2) is 4.57 Å². The normalized spacial score (nSPS) is 12.9. The summed E-state index contributed by atoms with van der Waals surface area (Å²) < 4.78 is 16.1. The van der Waals surface area contributed by atoms with Crippen molar-refractivity contribution >= 4 is 13.7 Å². The van der Waals surface area contributed by atoms with E-state index in [9.17, 15) is 24.3 Å². The van der Waals surface area contributed by atoms with E-state index in [1.54, 1.807) is 0 Å². The summed E-state index contributed by atoms with van der Waals surface area (Å²) in [5, 5.41) is 13.6. The van der Waals surface area contributed by atoms with Crippen molar-refractivity contribution in [2.24, 2.45) is 0 Å². The van der Waals surface area contributed by atoms with Crippen molar-refractivity contribution in [1.29, 1.82) is 0 Å². The van der Waals surface area contributed by atoms with Crippen LogP contribution in [0.2, 0.25) is 0 Å². The predicted octanol–water partition coefficient (Wildman–Crippen LogP) is 18.5. The maximum Gasteiger partial charge on any atom is 0.469 e. The summed E-state index contributed by atoms with van der Waals surface area (Å²) in [5.74, 6) is -0.184. The zero-order valence-electron chi connectivity index (χ0n) is 43.2. The SMILES string of the molecule is CCCCCCCCCCCCCCCCCCCCCCCCCCCCCCCCCC(=O)N[C@@H](COP(=O)(O)O)[C@H](O)CCCCCCCCCCCCCCCCCCC. The van der Waals surface area contributed by atoms with Gasteiger partial charge in [0.05, 0.1) is 18.8 Å². The highest BCUT2D eigenvalue weighted by atomic mass is 31.2. The molecule has 7 nitrogen and oxygen atoms in total. The Morgan fingerprint density at radius 2 is 0.609 bits per heavy atom. The van der Waals surface area contributed by atoms with Crippen molar-refractivity contribution in [3.05, 3.63) is 0 Å². The number of carbonyl (C=O) groups is 1. The van der Waals surface area contributed by atoms with Gasteiger partial charge in [0, 0.05) is 6.42 Å². The quantitative estimate of drug-likeness (QED) is 0.0357. The van der Waals surface area contributed by atoms with Gasteiger partial charge in [-0.2, -0.15) is 0 Å². The first-order valence-electron chi connectivity index (χ1n) is 29.0. The largest absolute Gasteiger partial charge is 0.469 e. The molecule has 0 aliphatic heterocycles. The number of aliphatic hydroxyl groups is 1. The summed E-state index contributed by atoms with van der Waals surface area (Å²) in [6.45, 7) is 4.18. The van der Waals surface area contributed by atoms with E-state index >= 15 is 0 Å². The Labute approximate surface area is 400 Å². The lowest BCUT2D eigenvalue weighted by atomic mass is 10.0. The smallest absolute Gasteiger partial charge is 0.391 e.